The first-order valence-corrected chi connectivity index (χ1v) is 9.49. The summed E-state index contributed by atoms with van der Waals surface area (Å²) in [6, 6.07) is 15.0. The lowest BCUT2D eigenvalue weighted by Crippen LogP contribution is -2.11. The molecule has 142 valence electrons. The summed E-state index contributed by atoms with van der Waals surface area (Å²) < 4.78 is 12.3. The zero-order valence-electron chi connectivity index (χ0n) is 15.7. The minimum absolute atomic E-state index is 0.149. The van der Waals surface area contributed by atoms with E-state index in [1.165, 1.54) is 11.3 Å². The van der Waals surface area contributed by atoms with E-state index in [1.54, 1.807) is 14.2 Å². The molecular weight excluding hydrogens is 374 g/mol. The fourth-order valence-corrected chi connectivity index (χ4v) is 3.93. The average Bonchev–Trinajstić information content (AvgIpc) is 3.28. The van der Waals surface area contributed by atoms with Crippen LogP contribution in [0.2, 0.25) is 0 Å². The third-order valence-electron chi connectivity index (χ3n) is 4.50. The van der Waals surface area contributed by atoms with Crippen LogP contribution in [0.25, 0.3) is 16.2 Å². The molecule has 1 amide bonds. The van der Waals surface area contributed by atoms with Crippen LogP contribution in [0.5, 0.6) is 11.5 Å². The molecule has 2 heterocycles. The van der Waals surface area contributed by atoms with Crippen LogP contribution < -0.4 is 14.8 Å². The number of amides is 1. The highest BCUT2D eigenvalue weighted by Gasteiger charge is 2.18. The quantitative estimate of drug-likeness (QED) is 0.536. The fourth-order valence-electron chi connectivity index (χ4n) is 2.92. The zero-order chi connectivity index (χ0) is 19.7. The summed E-state index contributed by atoms with van der Waals surface area (Å²) in [4.78, 5) is 18.8. The number of carbonyl (C=O) groups excluding carboxylic acids is 1. The van der Waals surface area contributed by atoms with Gasteiger partial charge in [0, 0.05) is 23.1 Å². The van der Waals surface area contributed by atoms with Gasteiger partial charge in [-0.2, -0.15) is 0 Å². The molecular formula is C21H19N3O3S. The number of aromatic nitrogens is 2. The van der Waals surface area contributed by atoms with Crippen LogP contribution in [-0.2, 0) is 0 Å². The number of aryl methyl sites for hydroxylation is 1. The Hall–Kier alpha value is -3.32. The number of benzene rings is 2. The highest BCUT2D eigenvalue weighted by molar-refractivity contribution is 7.19. The Bertz CT molecular complexity index is 1130. The van der Waals surface area contributed by atoms with E-state index >= 15 is 0 Å². The van der Waals surface area contributed by atoms with E-state index in [-0.39, 0.29) is 5.91 Å². The van der Waals surface area contributed by atoms with E-state index in [0.717, 1.165) is 39.1 Å². The highest BCUT2D eigenvalue weighted by Crippen LogP contribution is 2.28. The number of fused-ring (bicyclic) bond motifs is 1. The smallest absolute Gasteiger partial charge is 0.267 e. The molecule has 0 fully saturated rings. The van der Waals surface area contributed by atoms with E-state index in [0.29, 0.717) is 4.88 Å². The van der Waals surface area contributed by atoms with Gasteiger partial charge in [0.25, 0.3) is 5.91 Å². The number of thiazole rings is 1. The van der Waals surface area contributed by atoms with Crippen LogP contribution in [0, 0.1) is 6.92 Å². The molecule has 28 heavy (non-hydrogen) atoms. The van der Waals surface area contributed by atoms with Gasteiger partial charge >= 0.3 is 0 Å². The van der Waals surface area contributed by atoms with Crippen molar-refractivity contribution in [2.24, 2.45) is 0 Å². The number of nitrogens with zero attached hydrogens (tertiary/aromatic N) is 2. The van der Waals surface area contributed by atoms with Crippen molar-refractivity contribution in [2.75, 3.05) is 19.5 Å². The van der Waals surface area contributed by atoms with Crippen molar-refractivity contribution >= 4 is 27.9 Å². The van der Waals surface area contributed by atoms with Crippen molar-refractivity contribution in [3.63, 3.8) is 0 Å². The normalized spacial score (nSPS) is 10.8. The number of ether oxygens (including phenoxy) is 2. The van der Waals surface area contributed by atoms with Crippen molar-refractivity contribution in [3.05, 3.63) is 65.3 Å². The number of hydrogen-bond donors (Lipinski definition) is 1. The van der Waals surface area contributed by atoms with Gasteiger partial charge in [-0.3, -0.25) is 9.20 Å². The van der Waals surface area contributed by atoms with E-state index in [2.05, 4.69) is 10.3 Å². The maximum absolute atomic E-state index is 12.7. The second-order valence-corrected chi connectivity index (χ2v) is 7.18. The molecule has 0 bridgehead atoms. The summed E-state index contributed by atoms with van der Waals surface area (Å²) in [5.74, 6) is 1.40. The molecule has 0 aliphatic rings. The topological polar surface area (TPSA) is 64.9 Å². The molecule has 4 rings (SSSR count). The number of nitrogens with one attached hydrogen (secondary N) is 1. The van der Waals surface area contributed by atoms with Gasteiger partial charge in [0.05, 0.1) is 19.9 Å². The first-order chi connectivity index (χ1) is 13.6. The molecule has 2 aromatic carbocycles. The Morgan fingerprint density at radius 3 is 2.18 bits per heavy atom. The van der Waals surface area contributed by atoms with Crippen LogP contribution in [-0.4, -0.2) is 29.5 Å². The van der Waals surface area contributed by atoms with Crippen molar-refractivity contribution in [3.8, 4) is 22.8 Å². The molecule has 7 heteroatoms. The summed E-state index contributed by atoms with van der Waals surface area (Å²) in [6.07, 6.45) is 1.95. The van der Waals surface area contributed by atoms with Gasteiger partial charge in [0.15, 0.2) is 4.96 Å². The number of imidazole rings is 1. The van der Waals surface area contributed by atoms with Crippen LogP contribution in [0.3, 0.4) is 0 Å². The number of hydrogen-bond acceptors (Lipinski definition) is 5. The van der Waals surface area contributed by atoms with Crippen molar-refractivity contribution < 1.29 is 14.3 Å². The molecule has 0 spiro atoms. The Labute approximate surface area is 166 Å². The summed E-state index contributed by atoms with van der Waals surface area (Å²) in [6.45, 7) is 1.92. The molecule has 0 saturated carbocycles. The summed E-state index contributed by atoms with van der Waals surface area (Å²) in [5.41, 5.74) is 3.44. The SMILES string of the molecule is COc1ccc(NC(=O)c2sc3nc(-c4ccc(OC)cc4)cn3c2C)cc1. The average molecular weight is 393 g/mol. The molecule has 0 aliphatic heterocycles. The lowest BCUT2D eigenvalue weighted by Gasteiger charge is -2.05. The Morgan fingerprint density at radius 1 is 1.00 bits per heavy atom. The molecule has 0 saturated heterocycles. The van der Waals surface area contributed by atoms with E-state index in [9.17, 15) is 4.79 Å². The molecule has 0 radical (unpaired) electrons. The molecule has 6 nitrogen and oxygen atoms in total. The van der Waals surface area contributed by atoms with Crippen LogP contribution in [0.15, 0.2) is 54.7 Å². The summed E-state index contributed by atoms with van der Waals surface area (Å²) in [5, 5.41) is 2.92. The number of carbonyl (C=O) groups is 1. The minimum atomic E-state index is -0.149. The molecule has 1 N–H and O–H groups in total. The van der Waals surface area contributed by atoms with E-state index < -0.39 is 0 Å². The standard InChI is InChI=1S/C21H19N3O3S/c1-13-19(20(25)22-15-6-10-17(27-3)11-7-15)28-21-23-18(12-24(13)21)14-4-8-16(26-2)9-5-14/h4-12H,1-3H3,(H,22,25). The molecule has 0 atom stereocenters. The largest absolute Gasteiger partial charge is 0.497 e. The number of anilines is 1. The zero-order valence-corrected chi connectivity index (χ0v) is 16.5. The fraction of sp³-hybridized carbons (Fsp3) is 0.143. The van der Waals surface area contributed by atoms with E-state index in [4.69, 9.17) is 9.47 Å². The maximum Gasteiger partial charge on any atom is 0.267 e. The first-order valence-electron chi connectivity index (χ1n) is 8.67. The Kier molecular flexibility index (Phi) is 4.75. The second-order valence-electron chi connectivity index (χ2n) is 6.21. The Morgan fingerprint density at radius 2 is 1.61 bits per heavy atom. The van der Waals surface area contributed by atoms with Crippen LogP contribution in [0.4, 0.5) is 5.69 Å². The molecule has 4 aromatic rings. The number of methoxy groups -OCH3 is 2. The maximum atomic E-state index is 12.7. The minimum Gasteiger partial charge on any atom is -0.497 e. The van der Waals surface area contributed by atoms with Crippen molar-refractivity contribution in [1.29, 1.82) is 0 Å². The first kappa shape index (κ1) is 18.1. The summed E-state index contributed by atoms with van der Waals surface area (Å²) >= 11 is 1.37. The highest BCUT2D eigenvalue weighted by atomic mass is 32.1. The summed E-state index contributed by atoms with van der Waals surface area (Å²) in [7, 11) is 3.25. The van der Waals surface area contributed by atoms with Gasteiger partial charge in [-0.05, 0) is 55.5 Å². The van der Waals surface area contributed by atoms with Gasteiger partial charge in [-0.25, -0.2) is 4.98 Å². The molecule has 0 aliphatic carbocycles. The van der Waals surface area contributed by atoms with Crippen LogP contribution in [0.1, 0.15) is 15.4 Å². The van der Waals surface area contributed by atoms with Crippen LogP contribution >= 0.6 is 11.3 Å². The molecule has 2 aromatic heterocycles. The third-order valence-corrected chi connectivity index (χ3v) is 5.65. The Balaban J connectivity index is 1.58. The predicted octanol–water partition coefficient (Wildman–Crippen LogP) is 4.64. The monoisotopic (exact) mass is 393 g/mol. The van der Waals surface area contributed by atoms with Crippen molar-refractivity contribution in [1.82, 2.24) is 9.38 Å². The predicted molar refractivity (Wildman–Crippen MR) is 111 cm³/mol. The van der Waals surface area contributed by atoms with E-state index in [1.807, 2.05) is 66.1 Å². The molecule has 0 unspecified atom stereocenters. The van der Waals surface area contributed by atoms with Gasteiger partial charge in [0.2, 0.25) is 0 Å². The third kappa shape index (κ3) is 3.32. The lowest BCUT2D eigenvalue weighted by atomic mass is 10.2. The lowest BCUT2D eigenvalue weighted by molar-refractivity contribution is 0.102. The second kappa shape index (κ2) is 7.36. The van der Waals surface area contributed by atoms with Gasteiger partial charge in [-0.15, -0.1) is 0 Å². The van der Waals surface area contributed by atoms with Gasteiger partial charge in [0.1, 0.15) is 16.4 Å². The van der Waals surface area contributed by atoms with Gasteiger partial charge < -0.3 is 14.8 Å². The van der Waals surface area contributed by atoms with Crippen molar-refractivity contribution in [2.45, 2.75) is 6.92 Å². The number of rotatable bonds is 5. The van der Waals surface area contributed by atoms with Gasteiger partial charge in [-0.1, -0.05) is 11.3 Å².